The zero-order chi connectivity index (χ0) is 7.54. The summed E-state index contributed by atoms with van der Waals surface area (Å²) in [5, 5.41) is 2.85. The van der Waals surface area contributed by atoms with Crippen LogP contribution in [-0.4, -0.2) is 32.6 Å². The van der Waals surface area contributed by atoms with Gasteiger partial charge in [-0.2, -0.15) is 0 Å². The van der Waals surface area contributed by atoms with Crippen molar-refractivity contribution in [2.45, 2.75) is 51.1 Å². The minimum absolute atomic E-state index is 0. The van der Waals surface area contributed by atoms with Crippen LogP contribution in [0.25, 0.3) is 0 Å². The predicted molar refractivity (Wildman–Crippen MR) is 53.1 cm³/mol. The standard InChI is InChI=1S/C4H10.2C2H5.2Al.FH.HI/c1-3-4-2;2*1-2;;;;/h3-4H2,1-2H3;2*1H2,2H3;;;2*1H/q;;;+1;+3;;/p-2. The van der Waals surface area contributed by atoms with Crippen LogP contribution in [0.1, 0.15) is 40.5 Å². The van der Waals surface area contributed by atoms with Gasteiger partial charge in [-0.1, -0.05) is 26.7 Å². The maximum Gasteiger partial charge on any atom is 3.00 e. The maximum atomic E-state index is 2.25. The van der Waals surface area contributed by atoms with E-state index in [9.17, 15) is 0 Å². The Balaban J connectivity index is -0.0000000221. The van der Waals surface area contributed by atoms with Gasteiger partial charge in [0.15, 0.2) is 0 Å². The number of halogens is 2. The van der Waals surface area contributed by atoms with E-state index in [1.54, 1.807) is 0 Å². The number of rotatable bonds is 3. The summed E-state index contributed by atoms with van der Waals surface area (Å²) in [6.45, 7) is 8.86. The van der Waals surface area contributed by atoms with Gasteiger partial charge >= 0.3 is 57.0 Å². The van der Waals surface area contributed by atoms with E-state index in [2.05, 4.69) is 27.7 Å². The molecule has 0 amide bonds. The van der Waals surface area contributed by atoms with Crippen molar-refractivity contribution in [3.8, 4) is 0 Å². The fourth-order valence-corrected chi connectivity index (χ4v) is 0.866. The van der Waals surface area contributed by atoms with Crippen LogP contribution in [0.3, 0.4) is 0 Å². The van der Waals surface area contributed by atoms with Gasteiger partial charge in [0.1, 0.15) is 0 Å². The summed E-state index contributed by atoms with van der Waals surface area (Å²) >= 11 is 0.815. The second-order valence-corrected chi connectivity index (χ2v) is 4.32. The van der Waals surface area contributed by atoms with Crippen LogP contribution in [0.2, 0.25) is 10.6 Å². The molecule has 0 heterocycles. The molecule has 0 aliphatic rings. The molecule has 4 heteroatoms. The van der Waals surface area contributed by atoms with Crippen LogP contribution in [0.15, 0.2) is 0 Å². The molecule has 0 aliphatic carbocycles. The molecule has 0 radical (unpaired) electrons. The predicted octanol–water partition coefficient (Wildman–Crippen LogP) is -3.00. The molecule has 0 unspecified atom stereocenters. The van der Waals surface area contributed by atoms with Crippen LogP contribution in [0.4, 0.5) is 0 Å². The SMILES string of the molecule is CCCC.C[CH2][Al+][CH2]C.[Al+3].[F-].[I-]. The molecule has 0 bridgehead atoms. The maximum absolute atomic E-state index is 2.25. The van der Waals surface area contributed by atoms with E-state index in [0.717, 1.165) is 15.2 Å². The first-order valence-corrected chi connectivity index (χ1v) is 5.78. The van der Waals surface area contributed by atoms with Crippen LogP contribution < -0.4 is 28.7 Å². The molecule has 70 valence electrons. The third kappa shape index (κ3) is 60.4. The Morgan fingerprint density at radius 3 is 1.08 bits per heavy atom. The van der Waals surface area contributed by atoms with Gasteiger partial charge in [-0.05, 0) is 0 Å². The third-order valence-electron chi connectivity index (χ3n) is 1.08. The molecule has 0 rings (SSSR count). The Labute approximate surface area is 112 Å². The van der Waals surface area contributed by atoms with Crippen LogP contribution in [0, 0.1) is 0 Å². The molecule has 0 aromatic heterocycles. The summed E-state index contributed by atoms with van der Waals surface area (Å²) in [7, 11) is 0. The summed E-state index contributed by atoms with van der Waals surface area (Å²) in [5.41, 5.74) is 0. The van der Waals surface area contributed by atoms with Crippen molar-refractivity contribution in [1.82, 2.24) is 0 Å². The van der Waals surface area contributed by atoms with Crippen molar-refractivity contribution >= 4 is 32.6 Å². The van der Waals surface area contributed by atoms with Gasteiger partial charge in [0.25, 0.3) is 0 Å². The molecule has 0 fully saturated rings. The molecular weight excluding hydrogens is 296 g/mol. The van der Waals surface area contributed by atoms with Gasteiger partial charge in [0, 0.05) is 0 Å². The van der Waals surface area contributed by atoms with Crippen molar-refractivity contribution in [1.29, 1.82) is 0 Å². The summed E-state index contributed by atoms with van der Waals surface area (Å²) in [6, 6.07) is 0. The van der Waals surface area contributed by atoms with Gasteiger partial charge < -0.3 is 28.7 Å². The molecule has 12 heavy (non-hydrogen) atoms. The van der Waals surface area contributed by atoms with Crippen molar-refractivity contribution in [3.05, 3.63) is 0 Å². The molecule has 0 spiro atoms. The summed E-state index contributed by atoms with van der Waals surface area (Å²) < 4.78 is 0. The van der Waals surface area contributed by atoms with E-state index in [1.165, 1.54) is 23.4 Å². The monoisotopic (exact) mass is 316 g/mol. The molecule has 0 aromatic carbocycles. The molecule has 0 N–H and O–H groups in total. The van der Waals surface area contributed by atoms with Gasteiger partial charge in [0.05, 0.1) is 0 Å². The average Bonchev–Trinajstić information content (AvgIpc) is 1.91. The normalized spacial score (nSPS) is 5.33. The zero-order valence-corrected chi connectivity index (χ0v) is 13.2. The number of unbranched alkanes of at least 4 members (excludes halogenated alkanes) is 1. The quantitative estimate of drug-likeness (QED) is 0.385. The van der Waals surface area contributed by atoms with Gasteiger partial charge in [-0.25, -0.2) is 0 Å². The molecule has 0 atom stereocenters. The first-order chi connectivity index (χ1) is 4.33. The van der Waals surface area contributed by atoms with Gasteiger partial charge in [0.2, 0.25) is 0 Å². The fraction of sp³-hybridized carbons (Fsp3) is 1.00. The van der Waals surface area contributed by atoms with Crippen LogP contribution in [-0.2, 0) is 0 Å². The molecule has 0 aliphatic heterocycles. The zero-order valence-electron chi connectivity index (χ0n) is 8.74. The molecule has 0 saturated carbocycles. The third-order valence-corrected chi connectivity index (χ3v) is 2.23. The van der Waals surface area contributed by atoms with Crippen LogP contribution in [0.5, 0.6) is 0 Å². The van der Waals surface area contributed by atoms with Gasteiger partial charge in [-0.15, -0.1) is 0 Å². The second kappa shape index (κ2) is 38.7. The minimum Gasteiger partial charge on any atom is -1.00 e. The van der Waals surface area contributed by atoms with E-state index >= 15 is 0 Å². The van der Waals surface area contributed by atoms with Crippen molar-refractivity contribution in [3.63, 3.8) is 0 Å². The van der Waals surface area contributed by atoms with E-state index in [0.29, 0.717) is 0 Å². The Morgan fingerprint density at radius 2 is 1.08 bits per heavy atom. The van der Waals surface area contributed by atoms with Crippen molar-refractivity contribution < 1.29 is 28.7 Å². The minimum atomic E-state index is 0. The van der Waals surface area contributed by atoms with Gasteiger partial charge in [-0.3, -0.25) is 0 Å². The molecule has 0 aromatic rings. The Hall–Kier alpha value is 1.72. The Kier molecular flexibility index (Phi) is 94.1. The number of hydrogen-bond donors (Lipinski definition) is 0. The second-order valence-electron chi connectivity index (χ2n) is 2.11. The molecular formula is C8H20Al2FI+2. The van der Waals surface area contributed by atoms with E-state index in [1.807, 2.05) is 0 Å². The molecule has 0 nitrogen and oxygen atoms in total. The van der Waals surface area contributed by atoms with E-state index in [4.69, 9.17) is 0 Å². The van der Waals surface area contributed by atoms with E-state index < -0.39 is 0 Å². The van der Waals surface area contributed by atoms with E-state index in [-0.39, 0.29) is 46.0 Å². The van der Waals surface area contributed by atoms with Crippen molar-refractivity contribution in [2.24, 2.45) is 0 Å². The largest absolute Gasteiger partial charge is 3.00 e. The smallest absolute Gasteiger partial charge is 1.00 e. The Bertz CT molecular complexity index is 36.2. The summed E-state index contributed by atoms with van der Waals surface area (Å²) in [4.78, 5) is 0. The number of hydrogen-bond acceptors (Lipinski definition) is 0. The Morgan fingerprint density at radius 1 is 0.833 bits per heavy atom. The average molecular weight is 316 g/mol. The molecule has 0 saturated heterocycles. The first kappa shape index (κ1) is 29.2. The first-order valence-electron chi connectivity index (χ1n) is 4.14. The van der Waals surface area contributed by atoms with Crippen LogP contribution >= 0.6 is 0 Å². The summed E-state index contributed by atoms with van der Waals surface area (Å²) in [6.07, 6.45) is 2.64. The fourth-order valence-electron chi connectivity index (χ4n) is 0.289. The summed E-state index contributed by atoms with van der Waals surface area (Å²) in [5.74, 6) is 0. The topological polar surface area (TPSA) is 0 Å². The van der Waals surface area contributed by atoms with Crippen molar-refractivity contribution in [2.75, 3.05) is 0 Å².